The predicted molar refractivity (Wildman–Crippen MR) is 177 cm³/mol. The Labute approximate surface area is 269 Å². The van der Waals surface area contributed by atoms with Crippen molar-refractivity contribution in [1.82, 2.24) is 9.47 Å². The number of anilines is 2. The molecule has 0 atom stereocenters. The molecule has 1 saturated heterocycles. The van der Waals surface area contributed by atoms with E-state index in [1.807, 2.05) is 19.1 Å². The van der Waals surface area contributed by atoms with Gasteiger partial charge in [-0.3, -0.25) is 4.79 Å². The van der Waals surface area contributed by atoms with Crippen LogP contribution in [0.15, 0.2) is 42.5 Å². The lowest BCUT2D eigenvalue weighted by Gasteiger charge is -2.38. The number of rotatable bonds is 10. The number of halogens is 3. The number of benzene rings is 2. The third kappa shape index (κ3) is 8.77. The molecule has 2 fully saturated rings. The first kappa shape index (κ1) is 33.7. The van der Waals surface area contributed by atoms with Crippen molar-refractivity contribution in [3.63, 3.8) is 0 Å². The number of ether oxygens (including phenoxy) is 2. The van der Waals surface area contributed by atoms with E-state index in [0.29, 0.717) is 40.7 Å². The Morgan fingerprint density at radius 2 is 1.80 bits per heavy atom. The van der Waals surface area contributed by atoms with E-state index >= 15 is 0 Å². The van der Waals surface area contributed by atoms with Gasteiger partial charge in [0.15, 0.2) is 5.78 Å². The standard InChI is InChI=1S/C36H45F3N4O3/c1-3-8-34(44)26-12-17-32(35(23-26)45-2)40-18-5-9-29-24-30-31(10-4-11-33(30)43(29)25-36(37,38)39)41-27-13-15-28(16-14-27)42-19-6-21-46-22-7-20-42/h4,10-12,17,23-24,27-28,40-41H,3,6-8,13-16,18-22,25H2,1-2H3. The summed E-state index contributed by atoms with van der Waals surface area (Å²) in [5, 5.41) is 7.57. The number of carbonyl (C=O) groups excluding carboxylic acids is 1. The maximum absolute atomic E-state index is 13.7. The third-order valence-corrected chi connectivity index (χ3v) is 8.91. The summed E-state index contributed by atoms with van der Waals surface area (Å²) in [7, 11) is 1.53. The summed E-state index contributed by atoms with van der Waals surface area (Å²) in [6, 6.07) is 13.3. The number of Topliss-reactive ketones (excluding diaryl/α,β-unsaturated/α-hetero) is 1. The molecule has 0 unspecified atom stereocenters. The summed E-state index contributed by atoms with van der Waals surface area (Å²) in [5.74, 6) is 6.52. The highest BCUT2D eigenvalue weighted by atomic mass is 19.4. The van der Waals surface area contributed by atoms with E-state index in [4.69, 9.17) is 9.47 Å². The quantitative estimate of drug-likeness (QED) is 0.177. The molecule has 3 aromatic rings. The summed E-state index contributed by atoms with van der Waals surface area (Å²) < 4.78 is 53.5. The number of methoxy groups -OCH3 is 1. The van der Waals surface area contributed by atoms with Crippen molar-refractivity contribution >= 4 is 28.1 Å². The van der Waals surface area contributed by atoms with Crippen LogP contribution < -0.4 is 15.4 Å². The van der Waals surface area contributed by atoms with Gasteiger partial charge in [-0.15, -0.1) is 0 Å². The summed E-state index contributed by atoms with van der Waals surface area (Å²) in [4.78, 5) is 14.9. The highest BCUT2D eigenvalue weighted by molar-refractivity contribution is 5.97. The van der Waals surface area contributed by atoms with Gasteiger partial charge in [-0.25, -0.2) is 0 Å². The second kappa shape index (κ2) is 15.7. The molecule has 2 heterocycles. The monoisotopic (exact) mass is 638 g/mol. The number of hydrogen-bond donors (Lipinski definition) is 2. The van der Waals surface area contributed by atoms with Gasteiger partial charge in [-0.2, -0.15) is 13.2 Å². The summed E-state index contributed by atoms with van der Waals surface area (Å²) in [6.45, 7) is 4.84. The molecular weight excluding hydrogens is 593 g/mol. The van der Waals surface area contributed by atoms with E-state index < -0.39 is 12.7 Å². The van der Waals surface area contributed by atoms with Gasteiger partial charge in [0.25, 0.3) is 0 Å². The SMILES string of the molecule is CCCC(=O)c1ccc(NCC#Cc2cc3c(NC4CCC(N5CCCOCCC5)CC4)cccc3n2CC(F)(F)F)c(OC)c1. The fourth-order valence-corrected chi connectivity index (χ4v) is 6.64. The van der Waals surface area contributed by atoms with Crippen LogP contribution in [0.25, 0.3) is 10.9 Å². The van der Waals surface area contributed by atoms with Gasteiger partial charge in [0.05, 0.1) is 30.6 Å². The number of carbonyl (C=O) groups is 1. The minimum absolute atomic E-state index is 0.0465. The molecule has 0 radical (unpaired) electrons. The van der Waals surface area contributed by atoms with Gasteiger partial charge in [0.2, 0.25) is 0 Å². The van der Waals surface area contributed by atoms with E-state index in [9.17, 15) is 18.0 Å². The average molecular weight is 639 g/mol. The molecule has 1 aliphatic carbocycles. The van der Waals surface area contributed by atoms with Gasteiger partial charge in [0.1, 0.15) is 12.3 Å². The molecule has 1 aliphatic heterocycles. The lowest BCUT2D eigenvalue weighted by molar-refractivity contribution is -0.140. The van der Waals surface area contributed by atoms with Crippen molar-refractivity contribution in [3.05, 3.63) is 53.7 Å². The zero-order valence-electron chi connectivity index (χ0n) is 26.8. The first-order valence-corrected chi connectivity index (χ1v) is 16.5. The molecular formula is C36H45F3N4O3. The minimum atomic E-state index is -4.40. The Hall–Kier alpha value is -3.68. The molecule has 7 nitrogen and oxygen atoms in total. The summed E-state index contributed by atoms with van der Waals surface area (Å²) >= 11 is 0. The number of nitrogens with one attached hydrogen (secondary N) is 2. The van der Waals surface area contributed by atoms with Crippen LogP contribution in [0.2, 0.25) is 0 Å². The first-order chi connectivity index (χ1) is 22.3. The predicted octanol–water partition coefficient (Wildman–Crippen LogP) is 7.49. The zero-order chi connectivity index (χ0) is 32.5. The van der Waals surface area contributed by atoms with Crippen LogP contribution in [-0.2, 0) is 11.3 Å². The van der Waals surface area contributed by atoms with Crippen molar-refractivity contribution < 1.29 is 27.4 Å². The van der Waals surface area contributed by atoms with Gasteiger partial charge in [-0.05, 0) is 87.3 Å². The number of hydrogen-bond acceptors (Lipinski definition) is 6. The molecule has 1 aromatic heterocycles. The van der Waals surface area contributed by atoms with Crippen LogP contribution in [0.3, 0.4) is 0 Å². The summed E-state index contributed by atoms with van der Waals surface area (Å²) in [5.41, 5.74) is 2.88. The Morgan fingerprint density at radius 3 is 2.50 bits per heavy atom. The molecule has 0 amide bonds. The smallest absolute Gasteiger partial charge is 0.406 e. The Morgan fingerprint density at radius 1 is 1.04 bits per heavy atom. The van der Waals surface area contributed by atoms with Crippen molar-refractivity contribution in [1.29, 1.82) is 0 Å². The molecule has 2 aliphatic rings. The first-order valence-electron chi connectivity index (χ1n) is 16.5. The third-order valence-electron chi connectivity index (χ3n) is 8.91. The van der Waals surface area contributed by atoms with Gasteiger partial charge in [-0.1, -0.05) is 18.9 Å². The molecule has 5 rings (SSSR count). The highest BCUT2D eigenvalue weighted by Gasteiger charge is 2.30. The van der Waals surface area contributed by atoms with Crippen LogP contribution in [0, 0.1) is 11.8 Å². The van der Waals surface area contributed by atoms with Gasteiger partial charge in [0, 0.05) is 61.4 Å². The zero-order valence-corrected chi connectivity index (χ0v) is 26.8. The van der Waals surface area contributed by atoms with Crippen LogP contribution in [-0.4, -0.2) is 73.5 Å². The Balaban J connectivity index is 1.29. The lowest BCUT2D eigenvalue weighted by Crippen LogP contribution is -2.42. The van der Waals surface area contributed by atoms with E-state index in [-0.39, 0.29) is 18.4 Å². The second-order valence-electron chi connectivity index (χ2n) is 12.2. The molecule has 1 saturated carbocycles. The number of alkyl halides is 3. The number of nitrogens with zero attached hydrogens (tertiary/aromatic N) is 2. The molecule has 2 N–H and O–H groups in total. The van der Waals surface area contributed by atoms with E-state index in [2.05, 4.69) is 27.4 Å². The highest BCUT2D eigenvalue weighted by Crippen LogP contribution is 2.33. The van der Waals surface area contributed by atoms with E-state index in [1.54, 1.807) is 30.3 Å². The van der Waals surface area contributed by atoms with Crippen LogP contribution >= 0.6 is 0 Å². The molecule has 0 spiro atoms. The van der Waals surface area contributed by atoms with Gasteiger partial charge < -0.3 is 29.6 Å². The Kier molecular flexibility index (Phi) is 11.5. The van der Waals surface area contributed by atoms with Crippen LogP contribution in [0.4, 0.5) is 24.5 Å². The van der Waals surface area contributed by atoms with E-state index in [0.717, 1.165) is 82.3 Å². The second-order valence-corrected chi connectivity index (χ2v) is 12.2. The largest absolute Gasteiger partial charge is 0.495 e. The van der Waals surface area contributed by atoms with Crippen LogP contribution in [0.1, 0.15) is 74.3 Å². The summed E-state index contributed by atoms with van der Waals surface area (Å²) in [6.07, 6.45) is 3.21. The molecule has 0 bridgehead atoms. The Bertz CT molecular complexity index is 1520. The fourth-order valence-electron chi connectivity index (χ4n) is 6.64. The normalized spacial score (nSPS) is 19.5. The maximum Gasteiger partial charge on any atom is 0.406 e. The molecule has 46 heavy (non-hydrogen) atoms. The maximum atomic E-state index is 13.7. The number of fused-ring (bicyclic) bond motifs is 1. The van der Waals surface area contributed by atoms with Crippen LogP contribution in [0.5, 0.6) is 5.75 Å². The molecule has 248 valence electrons. The lowest BCUT2D eigenvalue weighted by atomic mass is 9.89. The number of ketones is 1. The van der Waals surface area contributed by atoms with Crippen molar-refractivity contribution in [2.75, 3.05) is 50.6 Å². The fraction of sp³-hybridized carbons (Fsp3) is 0.528. The van der Waals surface area contributed by atoms with Crippen molar-refractivity contribution in [2.45, 2.75) is 83.1 Å². The van der Waals surface area contributed by atoms with Crippen molar-refractivity contribution in [3.8, 4) is 17.6 Å². The molecule has 10 heteroatoms. The van der Waals surface area contributed by atoms with E-state index in [1.165, 1.54) is 11.7 Å². The topological polar surface area (TPSA) is 67.8 Å². The average Bonchev–Trinajstić information content (AvgIpc) is 3.36. The number of aromatic nitrogens is 1. The molecule has 2 aromatic carbocycles. The minimum Gasteiger partial charge on any atom is -0.495 e. The van der Waals surface area contributed by atoms with Crippen molar-refractivity contribution in [2.24, 2.45) is 0 Å². The van der Waals surface area contributed by atoms with Gasteiger partial charge >= 0.3 is 6.18 Å².